The molecule has 2 fully saturated rings. The molecule has 0 bridgehead atoms. The molecule has 3 heterocycles. The first-order valence-electron chi connectivity index (χ1n) is 12.4. The molecule has 15 heteroatoms. The van der Waals surface area contributed by atoms with Crippen LogP contribution in [0.25, 0.3) is 22.3 Å². The van der Waals surface area contributed by atoms with Crippen LogP contribution in [-0.4, -0.2) is 113 Å². The molecule has 0 amide bonds. The molecule has 0 saturated carbocycles. The first-order valence-corrected chi connectivity index (χ1v) is 12.4. The maximum atomic E-state index is 13.1. The van der Waals surface area contributed by atoms with Crippen LogP contribution in [0.15, 0.2) is 39.5 Å². The predicted molar refractivity (Wildman–Crippen MR) is 134 cm³/mol. The number of hydrogen-bond donors (Lipinski definition) is 10. The summed E-state index contributed by atoms with van der Waals surface area (Å²) in [6.07, 6.45) is -15.1. The SMILES string of the molecule is O=c1cc(-c2ccc(O)c(O)c2)oc2c([C@@H]3OC(CO)[C@@H](O)[C@H](O)C3O[C@H]3OC[C@H](O)[C@@H](O)C3O)c(O)cc(O)c12. The van der Waals surface area contributed by atoms with Crippen LogP contribution < -0.4 is 5.43 Å². The number of fused-ring (bicyclic) bond motifs is 1. The van der Waals surface area contributed by atoms with Gasteiger partial charge in [0.15, 0.2) is 28.8 Å². The van der Waals surface area contributed by atoms with E-state index in [0.29, 0.717) is 0 Å². The Kier molecular flexibility index (Phi) is 7.82. The fourth-order valence-corrected chi connectivity index (χ4v) is 4.94. The van der Waals surface area contributed by atoms with Crippen molar-refractivity contribution in [1.29, 1.82) is 0 Å². The Balaban J connectivity index is 1.67. The molecule has 3 unspecified atom stereocenters. The van der Waals surface area contributed by atoms with E-state index in [9.17, 15) is 55.9 Å². The van der Waals surface area contributed by atoms with Crippen molar-refractivity contribution in [3.8, 4) is 34.3 Å². The fourth-order valence-electron chi connectivity index (χ4n) is 4.94. The maximum Gasteiger partial charge on any atom is 0.197 e. The van der Waals surface area contributed by atoms with Crippen molar-refractivity contribution >= 4 is 11.0 Å². The van der Waals surface area contributed by atoms with E-state index in [0.717, 1.165) is 24.3 Å². The van der Waals surface area contributed by atoms with Crippen LogP contribution in [0.1, 0.15) is 11.7 Å². The molecule has 0 radical (unpaired) electrons. The molecule has 5 rings (SSSR count). The highest BCUT2D eigenvalue weighted by Gasteiger charge is 2.50. The third kappa shape index (κ3) is 5.07. The Labute approximate surface area is 229 Å². The van der Waals surface area contributed by atoms with Gasteiger partial charge in [0.1, 0.15) is 71.5 Å². The zero-order chi connectivity index (χ0) is 29.7. The molecule has 2 saturated heterocycles. The van der Waals surface area contributed by atoms with Crippen molar-refractivity contribution in [2.24, 2.45) is 0 Å². The number of aromatic hydroxyl groups is 4. The number of benzene rings is 2. The second-order valence-electron chi connectivity index (χ2n) is 9.82. The lowest BCUT2D eigenvalue weighted by Gasteiger charge is -2.45. The van der Waals surface area contributed by atoms with Crippen LogP contribution in [0.2, 0.25) is 0 Å². The highest BCUT2D eigenvalue weighted by atomic mass is 16.7. The number of phenols is 4. The maximum absolute atomic E-state index is 13.1. The minimum Gasteiger partial charge on any atom is -0.507 e. The Morgan fingerprint density at radius 2 is 1.56 bits per heavy atom. The molecule has 9 atom stereocenters. The summed E-state index contributed by atoms with van der Waals surface area (Å²) in [6.45, 7) is -1.28. The van der Waals surface area contributed by atoms with Crippen LogP contribution in [-0.2, 0) is 14.2 Å². The van der Waals surface area contributed by atoms with E-state index in [2.05, 4.69) is 0 Å². The Morgan fingerprint density at radius 1 is 0.829 bits per heavy atom. The number of ether oxygens (including phenoxy) is 3. The molecule has 0 aliphatic carbocycles. The lowest BCUT2D eigenvalue weighted by molar-refractivity contribution is -0.325. The Bertz CT molecular complexity index is 1490. The third-order valence-electron chi connectivity index (χ3n) is 7.15. The van der Waals surface area contributed by atoms with E-state index in [4.69, 9.17) is 18.6 Å². The second kappa shape index (κ2) is 11.1. The zero-order valence-electron chi connectivity index (χ0n) is 21.0. The van der Waals surface area contributed by atoms with Gasteiger partial charge in [0.25, 0.3) is 0 Å². The molecule has 2 aliphatic rings. The van der Waals surface area contributed by atoms with Gasteiger partial charge in [-0.2, -0.15) is 0 Å². The van der Waals surface area contributed by atoms with Gasteiger partial charge in [-0.25, -0.2) is 0 Å². The van der Waals surface area contributed by atoms with Gasteiger partial charge in [-0.15, -0.1) is 0 Å². The summed E-state index contributed by atoms with van der Waals surface area (Å²) in [4.78, 5) is 13.1. The number of rotatable bonds is 5. The van der Waals surface area contributed by atoms with Gasteiger partial charge in [0.2, 0.25) is 0 Å². The molecule has 0 spiro atoms. The number of phenolic OH excluding ortho intramolecular Hbond substituents is 4. The molecule has 2 aliphatic heterocycles. The summed E-state index contributed by atoms with van der Waals surface area (Å²) in [7, 11) is 0. The van der Waals surface area contributed by atoms with Gasteiger partial charge in [-0.05, 0) is 18.2 Å². The molecule has 2 aromatic carbocycles. The predicted octanol–water partition coefficient (Wildman–Crippen LogP) is -1.74. The van der Waals surface area contributed by atoms with Gasteiger partial charge >= 0.3 is 0 Å². The molecule has 1 aromatic heterocycles. The number of aliphatic hydroxyl groups is 6. The van der Waals surface area contributed by atoms with E-state index in [1.165, 1.54) is 6.07 Å². The van der Waals surface area contributed by atoms with Gasteiger partial charge in [0.05, 0.1) is 18.8 Å². The average Bonchev–Trinajstić information content (AvgIpc) is 2.93. The van der Waals surface area contributed by atoms with Gasteiger partial charge < -0.3 is 69.7 Å². The van der Waals surface area contributed by atoms with Crippen molar-refractivity contribution < 1.29 is 69.7 Å². The highest BCUT2D eigenvalue weighted by molar-refractivity contribution is 5.89. The fraction of sp³-hybridized carbons (Fsp3) is 0.423. The zero-order valence-corrected chi connectivity index (χ0v) is 21.0. The Morgan fingerprint density at radius 3 is 2.24 bits per heavy atom. The summed E-state index contributed by atoms with van der Waals surface area (Å²) in [5, 5.41) is 102. The van der Waals surface area contributed by atoms with Crippen molar-refractivity contribution in [3.05, 3.63) is 46.1 Å². The normalized spacial score (nSPS) is 32.3. The summed E-state index contributed by atoms with van der Waals surface area (Å²) >= 11 is 0. The van der Waals surface area contributed by atoms with Crippen LogP contribution in [0.3, 0.4) is 0 Å². The van der Waals surface area contributed by atoms with Gasteiger partial charge in [-0.3, -0.25) is 4.79 Å². The minimum absolute atomic E-state index is 0.111. The second-order valence-corrected chi connectivity index (χ2v) is 9.82. The lowest BCUT2D eigenvalue weighted by Crippen LogP contribution is -2.60. The number of hydrogen-bond acceptors (Lipinski definition) is 15. The van der Waals surface area contributed by atoms with E-state index >= 15 is 0 Å². The summed E-state index contributed by atoms with van der Waals surface area (Å²) in [5.41, 5.74) is -1.53. The van der Waals surface area contributed by atoms with E-state index in [1.807, 2.05) is 0 Å². The molecule has 15 nitrogen and oxygen atoms in total. The smallest absolute Gasteiger partial charge is 0.197 e. The molecule has 222 valence electrons. The summed E-state index contributed by atoms with van der Waals surface area (Å²) < 4.78 is 22.6. The lowest BCUT2D eigenvalue weighted by atomic mass is 9.89. The summed E-state index contributed by atoms with van der Waals surface area (Å²) in [5.74, 6) is -2.57. The first kappa shape index (κ1) is 29.0. The molecule has 3 aromatic rings. The third-order valence-corrected chi connectivity index (χ3v) is 7.15. The van der Waals surface area contributed by atoms with Crippen LogP contribution >= 0.6 is 0 Å². The Hall–Kier alpha value is -3.51. The highest BCUT2D eigenvalue weighted by Crippen LogP contribution is 2.45. The van der Waals surface area contributed by atoms with Gasteiger partial charge in [0, 0.05) is 17.7 Å². The molecule has 41 heavy (non-hydrogen) atoms. The van der Waals surface area contributed by atoms with Crippen molar-refractivity contribution in [2.75, 3.05) is 13.2 Å². The van der Waals surface area contributed by atoms with Crippen molar-refractivity contribution in [2.45, 2.75) is 55.1 Å². The quantitative estimate of drug-likeness (QED) is 0.150. The van der Waals surface area contributed by atoms with Crippen molar-refractivity contribution in [3.63, 3.8) is 0 Å². The molecule has 10 N–H and O–H groups in total. The summed E-state index contributed by atoms with van der Waals surface area (Å²) in [6, 6.07) is 5.33. The van der Waals surface area contributed by atoms with Gasteiger partial charge in [-0.1, -0.05) is 0 Å². The van der Waals surface area contributed by atoms with Crippen molar-refractivity contribution in [1.82, 2.24) is 0 Å². The standard InChI is InChI=1S/C26H28O15/c27-6-16-20(35)21(36)25(41-26-22(37)19(34)14(33)7-38-26)24(40-16)18-12(31)4-11(30)17-13(32)5-15(39-23(17)18)8-1-2-9(28)10(29)3-8/h1-5,14,16,19-22,24-31,33-37H,6-7H2/t14-,16?,19+,20+,21-,22?,24-,25?,26+/m0/s1. The number of aliphatic hydroxyl groups excluding tert-OH is 6. The van der Waals surface area contributed by atoms with E-state index < -0.39 is 108 Å². The first-order chi connectivity index (χ1) is 19.4. The van der Waals surface area contributed by atoms with E-state index in [1.54, 1.807) is 0 Å². The molecular formula is C26H28O15. The molecular weight excluding hydrogens is 552 g/mol. The van der Waals surface area contributed by atoms with Crippen LogP contribution in [0.5, 0.6) is 23.0 Å². The minimum atomic E-state index is -1.88. The van der Waals surface area contributed by atoms with Crippen LogP contribution in [0, 0.1) is 0 Å². The topological polar surface area (TPSA) is 260 Å². The largest absolute Gasteiger partial charge is 0.507 e. The average molecular weight is 580 g/mol. The monoisotopic (exact) mass is 580 g/mol. The van der Waals surface area contributed by atoms with E-state index in [-0.39, 0.29) is 16.9 Å². The van der Waals surface area contributed by atoms with Crippen LogP contribution in [0.4, 0.5) is 0 Å².